The van der Waals surface area contributed by atoms with Gasteiger partial charge in [0.05, 0.1) is 13.2 Å². The Morgan fingerprint density at radius 3 is 2.33 bits per heavy atom. The van der Waals surface area contributed by atoms with Crippen molar-refractivity contribution in [2.45, 2.75) is 69.1 Å². The third-order valence-electron chi connectivity index (χ3n) is 8.94. The van der Waals surface area contributed by atoms with Crippen molar-refractivity contribution in [1.82, 2.24) is 25.1 Å². The number of hydrogen-bond acceptors (Lipinski definition) is 7. The number of benzene rings is 2. The normalized spacial score (nSPS) is 24.8. The molecule has 7 rings (SSSR count). The fourth-order valence-electron chi connectivity index (χ4n) is 6.80. The van der Waals surface area contributed by atoms with E-state index in [1.807, 2.05) is 32.9 Å². The third-order valence-corrected chi connectivity index (χ3v) is 8.94. The minimum absolute atomic E-state index is 0.0938. The molecule has 3 saturated carbocycles. The standard InChI is InChI=1S/C30H33F4N5O4/c1-26(2,3)43-25(40)38-11-19(12-38)13-42-22-7-4-20(5-8-22)27-14-28(15-27,16-27)30(33,34)29(41,17-39-18-35-36-37-39)23-9-6-21(31)10-24(23)32/h4-10,18-19,41H,11-17H2,1-3H3. The molecule has 1 aliphatic heterocycles. The summed E-state index contributed by atoms with van der Waals surface area (Å²) in [7, 11) is 0. The molecule has 1 aromatic heterocycles. The molecule has 13 heteroatoms. The van der Waals surface area contributed by atoms with E-state index in [-0.39, 0.29) is 31.3 Å². The summed E-state index contributed by atoms with van der Waals surface area (Å²) in [5.74, 6) is -5.18. The van der Waals surface area contributed by atoms with Crippen molar-refractivity contribution < 1.29 is 36.9 Å². The minimum atomic E-state index is -3.79. The molecule has 0 spiro atoms. The van der Waals surface area contributed by atoms with Crippen LogP contribution in [-0.4, -0.2) is 67.5 Å². The number of aliphatic hydroxyl groups is 1. The Bertz CT molecular complexity index is 1490. The van der Waals surface area contributed by atoms with E-state index in [0.29, 0.717) is 31.5 Å². The second-order valence-electron chi connectivity index (χ2n) is 13.2. The Hall–Kier alpha value is -3.74. The van der Waals surface area contributed by atoms with Crippen molar-refractivity contribution >= 4 is 6.09 Å². The fourth-order valence-corrected chi connectivity index (χ4v) is 6.80. The highest BCUT2D eigenvalue weighted by molar-refractivity contribution is 5.69. The first-order valence-electron chi connectivity index (χ1n) is 14.1. The zero-order chi connectivity index (χ0) is 30.8. The van der Waals surface area contributed by atoms with Gasteiger partial charge in [-0.3, -0.25) is 0 Å². The summed E-state index contributed by atoms with van der Waals surface area (Å²) in [6.07, 6.45) is 0.993. The van der Waals surface area contributed by atoms with Crippen LogP contribution in [-0.2, 0) is 22.3 Å². The van der Waals surface area contributed by atoms with E-state index in [4.69, 9.17) is 9.47 Å². The lowest BCUT2D eigenvalue weighted by Gasteiger charge is -2.74. The first-order valence-corrected chi connectivity index (χ1v) is 14.1. The second kappa shape index (κ2) is 9.90. The summed E-state index contributed by atoms with van der Waals surface area (Å²) in [4.78, 5) is 13.7. The van der Waals surface area contributed by atoms with Gasteiger partial charge in [0.15, 0.2) is 5.60 Å². The SMILES string of the molecule is CC(C)(C)OC(=O)N1CC(COc2ccc(C34CC(C(F)(F)C(O)(Cn5cnnn5)c5ccc(F)cc5F)(C3)C4)cc2)C1. The topological polar surface area (TPSA) is 103 Å². The zero-order valence-electron chi connectivity index (χ0n) is 24.1. The molecule has 4 fully saturated rings. The van der Waals surface area contributed by atoms with Gasteiger partial charge in [-0.05, 0) is 85.7 Å². The molecule has 1 amide bonds. The fraction of sp³-hybridized carbons (Fsp3) is 0.533. The number of amides is 1. The van der Waals surface area contributed by atoms with Crippen molar-refractivity contribution in [1.29, 1.82) is 0 Å². The van der Waals surface area contributed by atoms with Gasteiger partial charge < -0.3 is 19.5 Å². The van der Waals surface area contributed by atoms with E-state index in [1.54, 1.807) is 17.0 Å². The number of ether oxygens (including phenoxy) is 2. The molecule has 1 unspecified atom stereocenters. The Labute approximate surface area is 245 Å². The molecule has 2 heterocycles. The van der Waals surface area contributed by atoms with Gasteiger partial charge in [-0.1, -0.05) is 12.1 Å². The summed E-state index contributed by atoms with van der Waals surface area (Å²) in [5, 5.41) is 22.0. The van der Waals surface area contributed by atoms with Crippen LogP contribution in [0.4, 0.5) is 22.4 Å². The summed E-state index contributed by atoms with van der Waals surface area (Å²) in [5.41, 5.74) is -5.46. The maximum Gasteiger partial charge on any atom is 0.410 e. The van der Waals surface area contributed by atoms with Crippen LogP contribution in [0.25, 0.3) is 0 Å². The van der Waals surface area contributed by atoms with Gasteiger partial charge in [0.2, 0.25) is 0 Å². The van der Waals surface area contributed by atoms with E-state index < -0.39 is 51.7 Å². The molecule has 2 aromatic carbocycles. The maximum atomic E-state index is 16.4. The average Bonchev–Trinajstić information content (AvgIpc) is 3.33. The van der Waals surface area contributed by atoms with Crippen LogP contribution in [0.2, 0.25) is 0 Å². The van der Waals surface area contributed by atoms with E-state index >= 15 is 8.78 Å². The molecule has 3 aromatic rings. The van der Waals surface area contributed by atoms with Crippen LogP contribution in [0.1, 0.15) is 51.2 Å². The lowest BCUT2D eigenvalue weighted by atomic mass is 9.30. The Kier molecular flexibility index (Phi) is 6.75. The Morgan fingerprint density at radius 2 is 1.74 bits per heavy atom. The van der Waals surface area contributed by atoms with Gasteiger partial charge in [-0.25, -0.2) is 27.0 Å². The summed E-state index contributed by atoms with van der Waals surface area (Å²) < 4.78 is 73.4. The molecular weight excluding hydrogens is 570 g/mol. The predicted octanol–water partition coefficient (Wildman–Crippen LogP) is 4.84. The van der Waals surface area contributed by atoms with Gasteiger partial charge in [0.1, 0.15) is 29.3 Å². The number of carbonyl (C=O) groups is 1. The van der Waals surface area contributed by atoms with Crippen LogP contribution in [0.5, 0.6) is 5.75 Å². The number of nitrogens with zero attached hydrogens (tertiary/aromatic N) is 5. The van der Waals surface area contributed by atoms with E-state index in [0.717, 1.165) is 28.7 Å². The summed E-state index contributed by atoms with van der Waals surface area (Å²) in [6, 6.07) is 9.48. The monoisotopic (exact) mass is 603 g/mol. The summed E-state index contributed by atoms with van der Waals surface area (Å²) >= 11 is 0. The molecule has 1 atom stereocenters. The highest BCUT2D eigenvalue weighted by Gasteiger charge is 2.82. The number of aromatic nitrogens is 4. The van der Waals surface area contributed by atoms with Gasteiger partial charge in [0.25, 0.3) is 5.92 Å². The number of rotatable bonds is 9. The molecule has 43 heavy (non-hydrogen) atoms. The predicted molar refractivity (Wildman–Crippen MR) is 144 cm³/mol. The number of carbonyl (C=O) groups excluding carboxylic acids is 1. The van der Waals surface area contributed by atoms with Crippen molar-refractivity contribution in [3.8, 4) is 5.75 Å². The number of tetrazole rings is 1. The molecule has 2 bridgehead atoms. The first-order chi connectivity index (χ1) is 20.2. The highest BCUT2D eigenvalue weighted by Crippen LogP contribution is 2.80. The first kappa shape index (κ1) is 29.3. The minimum Gasteiger partial charge on any atom is -0.493 e. The Balaban J connectivity index is 1.09. The highest BCUT2D eigenvalue weighted by atomic mass is 19.3. The van der Waals surface area contributed by atoms with Crippen molar-refractivity contribution in [3.05, 3.63) is 71.6 Å². The zero-order valence-corrected chi connectivity index (χ0v) is 24.1. The molecule has 0 radical (unpaired) electrons. The Morgan fingerprint density at radius 1 is 1.07 bits per heavy atom. The molecule has 230 valence electrons. The van der Waals surface area contributed by atoms with Crippen LogP contribution in [0, 0.1) is 23.0 Å². The smallest absolute Gasteiger partial charge is 0.410 e. The van der Waals surface area contributed by atoms with Gasteiger partial charge in [-0.2, -0.15) is 0 Å². The lowest BCUT2D eigenvalue weighted by Crippen LogP contribution is -2.76. The van der Waals surface area contributed by atoms with Gasteiger partial charge in [0, 0.05) is 36.1 Å². The van der Waals surface area contributed by atoms with Crippen LogP contribution < -0.4 is 4.74 Å². The number of alkyl halides is 2. The van der Waals surface area contributed by atoms with Gasteiger partial charge >= 0.3 is 6.09 Å². The lowest BCUT2D eigenvalue weighted by molar-refractivity contribution is -0.347. The third kappa shape index (κ3) is 4.91. The quantitative estimate of drug-likeness (QED) is 0.349. The molecule has 3 aliphatic carbocycles. The molecule has 1 saturated heterocycles. The van der Waals surface area contributed by atoms with E-state index in [2.05, 4.69) is 15.5 Å². The van der Waals surface area contributed by atoms with Crippen LogP contribution in [0.15, 0.2) is 48.8 Å². The van der Waals surface area contributed by atoms with Gasteiger partial charge in [-0.15, -0.1) is 5.10 Å². The largest absolute Gasteiger partial charge is 0.493 e. The molecule has 9 nitrogen and oxygen atoms in total. The second-order valence-corrected chi connectivity index (χ2v) is 13.2. The average molecular weight is 604 g/mol. The van der Waals surface area contributed by atoms with Crippen molar-refractivity contribution in [3.63, 3.8) is 0 Å². The van der Waals surface area contributed by atoms with E-state index in [9.17, 15) is 18.7 Å². The number of halogens is 4. The van der Waals surface area contributed by atoms with Crippen molar-refractivity contribution in [2.24, 2.45) is 11.3 Å². The summed E-state index contributed by atoms with van der Waals surface area (Å²) in [6.45, 7) is 6.18. The number of hydrogen-bond donors (Lipinski definition) is 1. The van der Waals surface area contributed by atoms with E-state index in [1.165, 1.54) is 0 Å². The van der Waals surface area contributed by atoms with Crippen molar-refractivity contribution in [2.75, 3.05) is 19.7 Å². The molecule has 4 aliphatic rings. The molecular formula is C30H33F4N5O4. The van der Waals surface area contributed by atoms with Crippen LogP contribution in [0.3, 0.4) is 0 Å². The maximum absolute atomic E-state index is 16.4. The molecule has 1 N–H and O–H groups in total. The van der Waals surface area contributed by atoms with Crippen LogP contribution >= 0.6 is 0 Å². The number of likely N-dealkylation sites (tertiary alicyclic amines) is 1.